The predicted octanol–water partition coefficient (Wildman–Crippen LogP) is 4.99. The highest BCUT2D eigenvalue weighted by Crippen LogP contribution is 2.44. The van der Waals surface area contributed by atoms with Gasteiger partial charge in [0.15, 0.2) is 0 Å². The highest BCUT2D eigenvalue weighted by atomic mass is 16.5. The van der Waals surface area contributed by atoms with Crippen molar-refractivity contribution in [2.75, 3.05) is 19.0 Å². The Hall–Kier alpha value is -4.06. The normalized spacial score (nSPS) is 15.0. The van der Waals surface area contributed by atoms with Gasteiger partial charge >= 0.3 is 0 Å². The lowest BCUT2D eigenvalue weighted by atomic mass is 9.98. The van der Waals surface area contributed by atoms with Gasteiger partial charge in [-0.2, -0.15) is 0 Å². The number of amides is 2. The average Bonchev–Trinajstić information content (AvgIpc) is 3.29. The molecule has 1 aromatic heterocycles. The summed E-state index contributed by atoms with van der Waals surface area (Å²) in [7, 11) is 3.53. The molecule has 0 saturated carbocycles. The van der Waals surface area contributed by atoms with E-state index in [0.717, 1.165) is 44.6 Å². The van der Waals surface area contributed by atoms with Gasteiger partial charge in [0, 0.05) is 29.2 Å². The number of nitrogens with zero attached hydrogens (tertiary/aromatic N) is 2. The van der Waals surface area contributed by atoms with E-state index in [1.807, 2.05) is 92.2 Å². The molecule has 0 aliphatic carbocycles. The lowest BCUT2D eigenvalue weighted by Gasteiger charge is -2.26. The zero-order chi connectivity index (χ0) is 24.0. The maximum absolute atomic E-state index is 13.7. The van der Waals surface area contributed by atoms with Crippen molar-refractivity contribution in [3.8, 4) is 5.75 Å². The van der Waals surface area contributed by atoms with E-state index >= 15 is 0 Å². The summed E-state index contributed by atoms with van der Waals surface area (Å²) in [4.78, 5) is 28.5. The molecule has 1 N–H and O–H groups in total. The molecule has 0 unspecified atom stereocenters. The Morgan fingerprint density at radius 1 is 1.03 bits per heavy atom. The summed E-state index contributed by atoms with van der Waals surface area (Å²) >= 11 is 0. The van der Waals surface area contributed by atoms with Crippen LogP contribution in [0, 0.1) is 13.8 Å². The van der Waals surface area contributed by atoms with Gasteiger partial charge in [-0.25, -0.2) is 0 Å². The molecule has 0 saturated heterocycles. The van der Waals surface area contributed by atoms with Crippen molar-refractivity contribution in [1.29, 1.82) is 0 Å². The highest BCUT2D eigenvalue weighted by Gasteiger charge is 2.42. The van der Waals surface area contributed by atoms with Gasteiger partial charge in [-0.05, 0) is 54.8 Å². The number of fused-ring (bicyclic) bond motifs is 3. The number of carbonyl (C=O) groups is 2. The minimum atomic E-state index is -0.371. The predicted molar refractivity (Wildman–Crippen MR) is 133 cm³/mol. The summed E-state index contributed by atoms with van der Waals surface area (Å²) < 4.78 is 7.26. The number of para-hydroxylation sites is 1. The Balaban J connectivity index is 1.56. The maximum atomic E-state index is 13.7. The molecule has 0 spiro atoms. The lowest BCUT2D eigenvalue weighted by molar-refractivity contribution is -0.117. The lowest BCUT2D eigenvalue weighted by Crippen LogP contribution is -2.37. The van der Waals surface area contributed by atoms with E-state index in [2.05, 4.69) is 5.32 Å². The quantitative estimate of drug-likeness (QED) is 0.463. The van der Waals surface area contributed by atoms with E-state index in [-0.39, 0.29) is 24.4 Å². The molecule has 34 heavy (non-hydrogen) atoms. The van der Waals surface area contributed by atoms with E-state index in [0.29, 0.717) is 5.69 Å². The first-order valence-electron chi connectivity index (χ1n) is 11.3. The van der Waals surface area contributed by atoms with Gasteiger partial charge in [-0.3, -0.25) is 9.59 Å². The van der Waals surface area contributed by atoms with Gasteiger partial charge in [-0.1, -0.05) is 42.5 Å². The monoisotopic (exact) mass is 453 g/mol. The molecule has 6 nitrogen and oxygen atoms in total. The van der Waals surface area contributed by atoms with Crippen LogP contribution in [0.15, 0.2) is 66.7 Å². The third-order valence-electron chi connectivity index (χ3n) is 6.61. The summed E-state index contributed by atoms with van der Waals surface area (Å²) in [5, 5.41) is 4.02. The van der Waals surface area contributed by atoms with Crippen molar-refractivity contribution < 1.29 is 14.3 Å². The number of hydrogen-bond donors (Lipinski definition) is 1. The van der Waals surface area contributed by atoms with Crippen LogP contribution in [0.3, 0.4) is 0 Å². The summed E-state index contributed by atoms with van der Waals surface area (Å²) in [6.45, 7) is 3.89. The molecule has 1 aliphatic rings. The Bertz CT molecular complexity index is 1420. The third kappa shape index (κ3) is 3.52. The van der Waals surface area contributed by atoms with Gasteiger partial charge in [0.2, 0.25) is 5.91 Å². The minimum Gasteiger partial charge on any atom is -0.497 e. The van der Waals surface area contributed by atoms with Crippen LogP contribution in [-0.2, 0) is 11.8 Å². The van der Waals surface area contributed by atoms with Crippen LogP contribution in [-0.4, -0.2) is 34.9 Å². The number of carbonyl (C=O) groups excluding carboxylic acids is 2. The largest absolute Gasteiger partial charge is 0.497 e. The van der Waals surface area contributed by atoms with Gasteiger partial charge in [0.1, 0.15) is 18.0 Å². The number of aromatic nitrogens is 1. The number of methoxy groups -OCH3 is 1. The fraction of sp³-hybridized carbons (Fsp3) is 0.214. The first-order valence-corrected chi connectivity index (χ1v) is 11.3. The molecular weight excluding hydrogens is 426 g/mol. The number of rotatable bonds is 5. The van der Waals surface area contributed by atoms with Crippen LogP contribution >= 0.6 is 0 Å². The van der Waals surface area contributed by atoms with Crippen LogP contribution in [0.25, 0.3) is 10.9 Å². The van der Waals surface area contributed by atoms with Crippen molar-refractivity contribution >= 4 is 28.4 Å². The van der Waals surface area contributed by atoms with Gasteiger partial charge in [-0.15, -0.1) is 0 Å². The Morgan fingerprint density at radius 3 is 2.50 bits per heavy atom. The van der Waals surface area contributed by atoms with Crippen molar-refractivity contribution in [1.82, 2.24) is 9.47 Å². The van der Waals surface area contributed by atoms with Crippen LogP contribution < -0.4 is 10.1 Å². The summed E-state index contributed by atoms with van der Waals surface area (Å²) in [6, 6.07) is 21.3. The van der Waals surface area contributed by atoms with Crippen molar-refractivity contribution in [3.05, 3.63) is 94.7 Å². The number of anilines is 1. The van der Waals surface area contributed by atoms with E-state index < -0.39 is 0 Å². The average molecular weight is 454 g/mol. The van der Waals surface area contributed by atoms with Crippen LogP contribution in [0.5, 0.6) is 5.75 Å². The van der Waals surface area contributed by atoms with Crippen molar-refractivity contribution in [3.63, 3.8) is 0 Å². The molecule has 4 aromatic rings. The second-order valence-corrected chi connectivity index (χ2v) is 8.81. The second kappa shape index (κ2) is 8.37. The smallest absolute Gasteiger partial charge is 0.272 e. The van der Waals surface area contributed by atoms with Gasteiger partial charge in [0.05, 0.1) is 13.2 Å². The zero-order valence-electron chi connectivity index (χ0n) is 19.8. The van der Waals surface area contributed by atoms with Gasteiger partial charge in [0.25, 0.3) is 5.91 Å². The number of hydrogen-bond acceptors (Lipinski definition) is 3. The number of aryl methyl sites for hydroxylation is 3. The molecule has 0 bridgehead atoms. The molecule has 1 atom stereocenters. The third-order valence-corrected chi connectivity index (χ3v) is 6.61. The summed E-state index contributed by atoms with van der Waals surface area (Å²) in [6.07, 6.45) is 0. The molecule has 172 valence electrons. The Labute approximate surface area is 198 Å². The standard InChI is InChI=1S/C28H27N3O3/c1-17-9-10-18(2)22(15-17)29-24(32)16-31-26(19-11-13-20(34-4)14-12-19)25-21-7-5-6-8-23(21)30(3)27(25)28(31)33/h5-15,26H,16H2,1-4H3,(H,29,32)/t26-/m1/s1. The maximum Gasteiger partial charge on any atom is 0.272 e. The topological polar surface area (TPSA) is 63.6 Å². The number of nitrogens with one attached hydrogen (secondary N) is 1. The van der Waals surface area contributed by atoms with Crippen molar-refractivity contribution in [2.45, 2.75) is 19.9 Å². The number of ether oxygens (including phenoxy) is 1. The molecule has 5 rings (SSSR count). The van der Waals surface area contributed by atoms with Crippen LogP contribution in [0.4, 0.5) is 5.69 Å². The number of benzene rings is 3. The highest BCUT2D eigenvalue weighted by molar-refractivity contribution is 6.08. The zero-order valence-corrected chi connectivity index (χ0v) is 19.8. The van der Waals surface area contributed by atoms with E-state index in [1.54, 1.807) is 12.0 Å². The van der Waals surface area contributed by atoms with E-state index in [4.69, 9.17) is 4.74 Å². The van der Waals surface area contributed by atoms with Crippen LogP contribution in [0.1, 0.15) is 38.8 Å². The van der Waals surface area contributed by atoms with Crippen LogP contribution in [0.2, 0.25) is 0 Å². The molecule has 6 heteroatoms. The molecule has 3 aromatic carbocycles. The fourth-order valence-corrected chi connectivity index (χ4v) is 4.88. The van der Waals surface area contributed by atoms with E-state index in [9.17, 15) is 9.59 Å². The first kappa shape index (κ1) is 21.8. The molecule has 1 aliphatic heterocycles. The van der Waals surface area contributed by atoms with Crippen molar-refractivity contribution in [2.24, 2.45) is 7.05 Å². The summed E-state index contributed by atoms with van der Waals surface area (Å²) in [5.41, 5.74) is 6.30. The minimum absolute atomic E-state index is 0.0497. The Kier molecular flexibility index (Phi) is 5.36. The SMILES string of the molecule is COc1ccc([C@@H]2c3c(n(C)c4ccccc34)C(=O)N2CC(=O)Nc2cc(C)ccc2C)cc1. The molecule has 0 fully saturated rings. The molecule has 0 radical (unpaired) electrons. The fourth-order valence-electron chi connectivity index (χ4n) is 4.88. The molecule has 2 heterocycles. The molecule has 2 amide bonds. The molecular formula is C28H27N3O3. The van der Waals surface area contributed by atoms with E-state index in [1.165, 1.54) is 0 Å². The second-order valence-electron chi connectivity index (χ2n) is 8.81. The Morgan fingerprint density at radius 2 is 1.76 bits per heavy atom. The summed E-state index contributed by atoms with van der Waals surface area (Å²) in [5.74, 6) is 0.369. The first-order chi connectivity index (χ1) is 16.4. The van der Waals surface area contributed by atoms with Gasteiger partial charge < -0.3 is 19.5 Å².